The third kappa shape index (κ3) is 6.25. The molecule has 2 N–H and O–H groups in total. The van der Waals surface area contributed by atoms with Gasteiger partial charge in [-0.05, 0) is 48.5 Å². The molecule has 0 unspecified atom stereocenters. The summed E-state index contributed by atoms with van der Waals surface area (Å²) in [5, 5.41) is 2.28. The molecular weight excluding hydrogens is 309 g/mol. The first kappa shape index (κ1) is 19.6. The van der Waals surface area contributed by atoms with Crippen molar-refractivity contribution in [3.63, 3.8) is 0 Å². The largest absolute Gasteiger partial charge is 1.00 e. The van der Waals surface area contributed by atoms with Crippen molar-refractivity contribution in [1.82, 2.24) is 0 Å². The Morgan fingerprint density at radius 1 is 0.667 bits per heavy atom. The fourth-order valence-corrected chi connectivity index (χ4v) is 1.93. The van der Waals surface area contributed by atoms with Gasteiger partial charge in [0, 0.05) is 11.1 Å². The maximum Gasteiger partial charge on any atom is 0.118 e. The van der Waals surface area contributed by atoms with Crippen molar-refractivity contribution in [2.24, 2.45) is 0 Å². The second-order valence-corrected chi connectivity index (χ2v) is 4.39. The molecule has 0 bridgehead atoms. The summed E-state index contributed by atoms with van der Waals surface area (Å²) >= 11 is 0. The molecule has 0 radical (unpaired) electrons. The molecule has 0 aromatic heterocycles. The normalized spacial score (nSPS) is 9.24. The fourth-order valence-electron chi connectivity index (χ4n) is 1.93. The van der Waals surface area contributed by atoms with Crippen LogP contribution >= 0.6 is 0 Å². The smallest absolute Gasteiger partial charge is 0.118 e. The Bertz CT molecular complexity index is 453. The average Bonchev–Trinajstić information content (AvgIpc) is 2.49. The third-order valence-corrected chi connectivity index (χ3v) is 3.08. The minimum absolute atomic E-state index is 0. The number of rotatable bonds is 6. The van der Waals surface area contributed by atoms with Gasteiger partial charge in [0.15, 0.2) is 0 Å². The molecule has 0 heterocycles. The lowest BCUT2D eigenvalue weighted by atomic mass is 10.2. The molecule has 21 heavy (non-hydrogen) atoms. The van der Waals surface area contributed by atoms with E-state index in [1.807, 2.05) is 24.3 Å². The lowest BCUT2D eigenvalue weighted by Gasteiger charge is -2.05. The van der Waals surface area contributed by atoms with Crippen molar-refractivity contribution in [2.75, 3.05) is 14.2 Å². The molecule has 0 fully saturated rings. The molecule has 0 saturated carbocycles. The quantitative estimate of drug-likeness (QED) is 0.586. The topological polar surface area (TPSA) is 35.1 Å². The summed E-state index contributed by atoms with van der Waals surface area (Å²) in [7, 11) is 3.37. The molecule has 2 aromatic rings. The number of hydrogen-bond donors (Lipinski definition) is 1. The maximum atomic E-state index is 5.14. The summed E-state index contributed by atoms with van der Waals surface area (Å²) in [5.74, 6) is 1.80. The van der Waals surface area contributed by atoms with E-state index < -0.39 is 0 Å². The number of nitrogens with two attached hydrogens (primary N) is 1. The van der Waals surface area contributed by atoms with E-state index in [9.17, 15) is 0 Å². The van der Waals surface area contributed by atoms with E-state index in [-0.39, 0.29) is 24.8 Å². The highest BCUT2D eigenvalue weighted by Crippen LogP contribution is 2.11. The monoisotopic (exact) mass is 328 g/mol. The fraction of sp³-hybridized carbons (Fsp3) is 0.250. The third-order valence-electron chi connectivity index (χ3n) is 3.08. The molecule has 0 aliphatic heterocycles. The van der Waals surface area contributed by atoms with Crippen molar-refractivity contribution in [1.29, 1.82) is 0 Å². The molecule has 3 nitrogen and oxygen atoms in total. The Morgan fingerprint density at radius 2 is 1.00 bits per heavy atom. The van der Waals surface area contributed by atoms with Crippen LogP contribution in [-0.4, -0.2) is 14.2 Å². The van der Waals surface area contributed by atoms with Gasteiger partial charge in [0.05, 0.1) is 14.2 Å². The van der Waals surface area contributed by atoms with E-state index in [2.05, 4.69) is 29.6 Å². The standard InChI is InChI=1S/C16H19NO2.2ClH/c1-18-15-7-3-13(4-8-15)11-17-12-14-5-9-16(19-2)10-6-14;;/h3-10,17H,11-12H2,1-2H3;2*1H/p-1. The Labute approximate surface area is 138 Å². The summed E-state index contributed by atoms with van der Waals surface area (Å²) in [5.41, 5.74) is 2.60. The van der Waals surface area contributed by atoms with E-state index in [1.54, 1.807) is 14.2 Å². The highest BCUT2D eigenvalue weighted by molar-refractivity contribution is 5.27. The molecule has 2 aromatic carbocycles. The predicted octanol–water partition coefficient (Wildman–Crippen LogP) is -4.02. The van der Waals surface area contributed by atoms with Crippen LogP contribution in [0.3, 0.4) is 0 Å². The Balaban J connectivity index is 0.00000200. The van der Waals surface area contributed by atoms with E-state index in [4.69, 9.17) is 9.47 Å². The summed E-state index contributed by atoms with van der Waals surface area (Å²) in [4.78, 5) is 0. The average molecular weight is 329 g/mol. The summed E-state index contributed by atoms with van der Waals surface area (Å²) < 4.78 is 10.3. The molecule has 0 amide bonds. The van der Waals surface area contributed by atoms with Gasteiger partial charge < -0.3 is 39.6 Å². The number of ether oxygens (including phenoxy) is 2. The van der Waals surface area contributed by atoms with Gasteiger partial charge in [-0.1, -0.05) is 0 Å². The second-order valence-electron chi connectivity index (χ2n) is 4.39. The number of benzene rings is 2. The molecule has 0 saturated heterocycles. The molecular formula is C16H20Cl2NO2-. The van der Waals surface area contributed by atoms with E-state index in [0.717, 1.165) is 24.6 Å². The number of hydrogen-bond acceptors (Lipinski definition) is 2. The summed E-state index contributed by atoms with van der Waals surface area (Å²) in [6.45, 7) is 1.94. The number of quaternary nitrogens is 1. The lowest BCUT2D eigenvalue weighted by Crippen LogP contribution is -3.00. The minimum Gasteiger partial charge on any atom is -1.00 e. The first-order chi connectivity index (χ1) is 9.31. The van der Waals surface area contributed by atoms with Crippen molar-refractivity contribution in [3.8, 4) is 11.5 Å². The molecule has 0 spiro atoms. The zero-order valence-electron chi connectivity index (χ0n) is 12.2. The Morgan fingerprint density at radius 3 is 1.29 bits per heavy atom. The van der Waals surface area contributed by atoms with Crippen molar-refractivity contribution >= 4 is 0 Å². The summed E-state index contributed by atoms with van der Waals surface area (Å²) in [6.07, 6.45) is 0. The van der Waals surface area contributed by atoms with Crippen molar-refractivity contribution in [2.45, 2.75) is 13.1 Å². The SMILES string of the molecule is COc1ccc(C[NH2+]Cc2ccc(OC)cc2)cc1.[Cl-].[Cl-]. The Hall–Kier alpha value is -1.42. The van der Waals surface area contributed by atoms with Gasteiger partial charge in [0.2, 0.25) is 0 Å². The van der Waals surface area contributed by atoms with Crippen LogP contribution in [-0.2, 0) is 13.1 Å². The minimum atomic E-state index is 0. The van der Waals surface area contributed by atoms with Crippen LogP contribution < -0.4 is 39.6 Å². The number of methoxy groups -OCH3 is 2. The predicted molar refractivity (Wildman–Crippen MR) is 75.3 cm³/mol. The molecule has 0 aliphatic rings. The van der Waals surface area contributed by atoms with Crippen LogP contribution in [0.2, 0.25) is 0 Å². The maximum absolute atomic E-state index is 5.14. The van der Waals surface area contributed by atoms with Crippen LogP contribution in [0.5, 0.6) is 11.5 Å². The van der Waals surface area contributed by atoms with E-state index >= 15 is 0 Å². The molecule has 0 atom stereocenters. The highest BCUT2D eigenvalue weighted by atomic mass is 35.5. The van der Waals surface area contributed by atoms with Gasteiger partial charge >= 0.3 is 0 Å². The van der Waals surface area contributed by atoms with Crippen LogP contribution in [0.25, 0.3) is 0 Å². The zero-order chi connectivity index (χ0) is 13.5. The van der Waals surface area contributed by atoms with Crippen LogP contribution in [0.15, 0.2) is 48.5 Å². The van der Waals surface area contributed by atoms with Crippen molar-refractivity contribution in [3.05, 3.63) is 59.7 Å². The van der Waals surface area contributed by atoms with Gasteiger partial charge in [0.1, 0.15) is 24.6 Å². The molecule has 116 valence electrons. The van der Waals surface area contributed by atoms with Crippen LogP contribution in [0.4, 0.5) is 0 Å². The first-order valence-electron chi connectivity index (χ1n) is 6.39. The van der Waals surface area contributed by atoms with Crippen molar-refractivity contribution < 1.29 is 39.6 Å². The van der Waals surface area contributed by atoms with Gasteiger partial charge in [-0.25, -0.2) is 0 Å². The Kier molecular flexibility index (Phi) is 9.63. The van der Waals surface area contributed by atoms with Gasteiger partial charge in [-0.3, -0.25) is 0 Å². The molecule has 5 heteroatoms. The second kappa shape index (κ2) is 10.3. The van der Waals surface area contributed by atoms with E-state index in [0.29, 0.717) is 0 Å². The number of halogens is 2. The lowest BCUT2D eigenvalue weighted by molar-refractivity contribution is -0.686. The van der Waals surface area contributed by atoms with Gasteiger partial charge in [0.25, 0.3) is 0 Å². The van der Waals surface area contributed by atoms with E-state index in [1.165, 1.54) is 11.1 Å². The zero-order valence-corrected chi connectivity index (χ0v) is 13.7. The molecule has 0 aliphatic carbocycles. The highest BCUT2D eigenvalue weighted by Gasteiger charge is 1.99. The van der Waals surface area contributed by atoms with Gasteiger partial charge in [-0.2, -0.15) is 0 Å². The first-order valence-corrected chi connectivity index (χ1v) is 6.39. The summed E-state index contributed by atoms with van der Waals surface area (Å²) in [6, 6.07) is 16.4. The van der Waals surface area contributed by atoms with Crippen LogP contribution in [0, 0.1) is 0 Å². The molecule has 2 rings (SSSR count). The van der Waals surface area contributed by atoms with Gasteiger partial charge in [-0.15, -0.1) is 0 Å². The van der Waals surface area contributed by atoms with Crippen LogP contribution in [0.1, 0.15) is 11.1 Å².